The van der Waals surface area contributed by atoms with Gasteiger partial charge in [-0.1, -0.05) is 78.3 Å². The van der Waals surface area contributed by atoms with Gasteiger partial charge in [-0.3, -0.25) is 33.6 Å². The lowest BCUT2D eigenvalue weighted by atomic mass is 9.96. The van der Waals surface area contributed by atoms with Crippen LogP contribution < -0.4 is 47.9 Å². The van der Waals surface area contributed by atoms with Gasteiger partial charge in [-0.05, 0) is 105 Å². The molecule has 0 aliphatic heterocycles. The molecule has 0 saturated carbocycles. The summed E-state index contributed by atoms with van der Waals surface area (Å²) in [5.41, 5.74) is -1.81. The number of hydrogen-bond acceptors (Lipinski definition) is 16. The third-order valence-corrected chi connectivity index (χ3v) is 11.8. The molecule has 0 aromatic heterocycles. The Kier molecular flexibility index (Phi) is 30.3. The van der Waals surface area contributed by atoms with E-state index in [0.29, 0.717) is 5.56 Å². The number of carboxylic acids is 1. The standard InChI is InChI=1S/C55H93N9O17/c1-17-32(6)40(48(72)63-41(33(7)65)47(71)57-26-39(66)58-37(28-79-53(8,9)10)46(70)61-38(50(74)75)29-80-54(11,12)13)62-44(68)35(23-24-56-51(76)78-27-34-21-19-18-20-22-34)59-45(69)36(25-30(2)3)60-49(73)42(43(67)31(4)5)64-52(77)81-55(14,15)16/h18-22,30-33,35-38,40-43,65,67H,17,23-29H2,1-16H3,(H,56,76)(H,57,71)(H,58,66)(H,59,69)(H,60,73)(H,61,70)(H,62,68)(H,63,72)(H,64,77)(H,74,75)/t32-,33-,35+,36-,37-,38-,40-,41?,42-,43+/m0/s1. The fourth-order valence-corrected chi connectivity index (χ4v) is 7.15. The van der Waals surface area contributed by atoms with Crippen molar-refractivity contribution in [3.63, 3.8) is 0 Å². The lowest BCUT2D eigenvalue weighted by Gasteiger charge is -2.31. The smallest absolute Gasteiger partial charge is 0.408 e. The summed E-state index contributed by atoms with van der Waals surface area (Å²) in [6.45, 7) is 24.3. The lowest BCUT2D eigenvalue weighted by molar-refractivity contribution is -0.146. The number of aliphatic carboxylic acids is 1. The van der Waals surface area contributed by atoms with Crippen molar-refractivity contribution in [3.05, 3.63) is 35.9 Å². The first-order valence-corrected chi connectivity index (χ1v) is 27.2. The predicted octanol–water partition coefficient (Wildman–Crippen LogP) is 1.43. The van der Waals surface area contributed by atoms with Crippen LogP contribution in [-0.2, 0) is 63.9 Å². The molecule has 1 aromatic rings. The van der Waals surface area contributed by atoms with Gasteiger partial charge >= 0.3 is 18.2 Å². The zero-order valence-electron chi connectivity index (χ0n) is 50.0. The van der Waals surface area contributed by atoms with Crippen LogP contribution in [-0.4, -0.2) is 172 Å². The third kappa shape index (κ3) is 29.6. The highest BCUT2D eigenvalue weighted by molar-refractivity contribution is 5.97. The normalized spacial score (nSPS) is 15.6. The molecule has 1 aromatic carbocycles. The predicted molar refractivity (Wildman–Crippen MR) is 297 cm³/mol. The van der Waals surface area contributed by atoms with E-state index >= 15 is 0 Å². The zero-order chi connectivity index (χ0) is 62.2. The minimum absolute atomic E-state index is 0.00229. The van der Waals surface area contributed by atoms with Crippen molar-refractivity contribution in [1.29, 1.82) is 0 Å². The molecule has 0 saturated heterocycles. The molecule has 0 radical (unpaired) electrons. The van der Waals surface area contributed by atoms with Gasteiger partial charge < -0.3 is 82.1 Å². The van der Waals surface area contributed by atoms with Crippen LogP contribution in [0.4, 0.5) is 9.59 Å². The molecule has 9 amide bonds. The minimum atomic E-state index is -1.74. The number of carboxylic acid groups (broad SMARTS) is 1. The van der Waals surface area contributed by atoms with Crippen LogP contribution in [0.1, 0.15) is 136 Å². The molecule has 81 heavy (non-hydrogen) atoms. The Labute approximate surface area is 476 Å². The van der Waals surface area contributed by atoms with E-state index in [9.17, 15) is 63.3 Å². The van der Waals surface area contributed by atoms with Gasteiger partial charge in [0.05, 0.1) is 43.2 Å². The van der Waals surface area contributed by atoms with Crippen molar-refractivity contribution in [2.45, 2.75) is 208 Å². The van der Waals surface area contributed by atoms with E-state index in [4.69, 9.17) is 18.9 Å². The topological polar surface area (TPSA) is 377 Å². The number of carbonyl (C=O) groups is 10. The van der Waals surface area contributed by atoms with Gasteiger partial charge in [0.1, 0.15) is 48.5 Å². The molecule has 0 bridgehead atoms. The Hall–Kier alpha value is -6.64. The van der Waals surface area contributed by atoms with Crippen LogP contribution in [0.25, 0.3) is 0 Å². The molecule has 26 heteroatoms. The summed E-state index contributed by atoms with van der Waals surface area (Å²) in [4.78, 5) is 135. The molecule has 460 valence electrons. The number of aliphatic hydroxyl groups excluding tert-OH is 2. The summed E-state index contributed by atoms with van der Waals surface area (Å²) >= 11 is 0. The maximum Gasteiger partial charge on any atom is 0.408 e. The maximum atomic E-state index is 14.4. The Morgan fingerprint density at radius 2 is 1.05 bits per heavy atom. The number of carbonyl (C=O) groups excluding carboxylic acids is 9. The van der Waals surface area contributed by atoms with Crippen molar-refractivity contribution in [1.82, 2.24) is 47.9 Å². The van der Waals surface area contributed by atoms with Gasteiger partial charge in [-0.2, -0.15) is 0 Å². The molecule has 10 atom stereocenters. The fourth-order valence-electron chi connectivity index (χ4n) is 7.15. The van der Waals surface area contributed by atoms with E-state index in [0.717, 1.165) is 0 Å². The van der Waals surface area contributed by atoms with Crippen molar-refractivity contribution in [3.8, 4) is 0 Å². The average Bonchev–Trinajstić information content (AvgIpc) is 3.35. The van der Waals surface area contributed by atoms with Crippen LogP contribution in [0.2, 0.25) is 0 Å². The monoisotopic (exact) mass is 1150 g/mol. The summed E-state index contributed by atoms with van der Waals surface area (Å²) in [5, 5.41) is 53.8. The average molecular weight is 1150 g/mol. The van der Waals surface area contributed by atoms with Crippen LogP contribution in [0, 0.1) is 17.8 Å². The molecule has 26 nitrogen and oxygen atoms in total. The molecule has 0 aliphatic carbocycles. The van der Waals surface area contributed by atoms with E-state index in [1.807, 2.05) is 0 Å². The van der Waals surface area contributed by atoms with Crippen LogP contribution in [0.15, 0.2) is 30.3 Å². The van der Waals surface area contributed by atoms with Gasteiger partial charge in [0.25, 0.3) is 0 Å². The van der Waals surface area contributed by atoms with Gasteiger partial charge in [0.2, 0.25) is 41.4 Å². The number of benzene rings is 1. The molecular weight excluding hydrogens is 1060 g/mol. The van der Waals surface area contributed by atoms with Crippen molar-refractivity contribution in [2.24, 2.45) is 17.8 Å². The van der Waals surface area contributed by atoms with Crippen molar-refractivity contribution < 1.29 is 82.2 Å². The highest BCUT2D eigenvalue weighted by Crippen LogP contribution is 2.15. The molecule has 0 aliphatic rings. The number of amides is 9. The number of rotatable bonds is 32. The second kappa shape index (κ2) is 34.0. The minimum Gasteiger partial charge on any atom is -0.480 e. The Morgan fingerprint density at radius 3 is 1.56 bits per heavy atom. The summed E-state index contributed by atoms with van der Waals surface area (Å²) < 4.78 is 21.9. The van der Waals surface area contributed by atoms with Crippen molar-refractivity contribution in [2.75, 3.05) is 26.3 Å². The van der Waals surface area contributed by atoms with E-state index in [-0.39, 0.29) is 38.3 Å². The quantitative estimate of drug-likeness (QED) is 0.0485. The number of nitrogens with one attached hydrogen (secondary N) is 9. The fraction of sp³-hybridized carbons (Fsp3) is 0.709. The number of alkyl carbamates (subject to hydrolysis) is 2. The largest absolute Gasteiger partial charge is 0.480 e. The SMILES string of the molecule is CC[C@H](C)[C@H](NC(=O)[C@@H](CCNC(=O)OCc1ccccc1)NC(=O)[C@H](CC(C)C)NC(=O)[C@@H](NC(=O)OC(C)(C)C)[C@H](O)C(C)C)C(=O)NC(C(=O)NCC(=O)N[C@@H](COC(C)(C)C)C(=O)N[C@@H](COC(C)(C)C)C(=O)O)[C@H](C)O. The maximum absolute atomic E-state index is 14.4. The third-order valence-electron chi connectivity index (χ3n) is 11.8. The molecular formula is C55H93N9O17. The molecule has 12 N–H and O–H groups in total. The van der Waals surface area contributed by atoms with E-state index in [1.165, 1.54) is 6.92 Å². The van der Waals surface area contributed by atoms with Gasteiger partial charge in [-0.25, -0.2) is 14.4 Å². The first kappa shape index (κ1) is 72.4. The highest BCUT2D eigenvalue weighted by Gasteiger charge is 2.38. The zero-order valence-corrected chi connectivity index (χ0v) is 50.0. The summed E-state index contributed by atoms with van der Waals surface area (Å²) in [5.74, 6) is -9.54. The van der Waals surface area contributed by atoms with Crippen LogP contribution >= 0.6 is 0 Å². The molecule has 0 spiro atoms. The number of aliphatic hydroxyl groups is 2. The van der Waals surface area contributed by atoms with Crippen molar-refractivity contribution >= 4 is 59.5 Å². The Bertz CT molecular complexity index is 2230. The number of ether oxygens (including phenoxy) is 4. The Morgan fingerprint density at radius 1 is 0.543 bits per heavy atom. The second-order valence-corrected chi connectivity index (χ2v) is 23.6. The molecule has 1 unspecified atom stereocenters. The van der Waals surface area contributed by atoms with Gasteiger partial charge in [-0.15, -0.1) is 0 Å². The summed E-state index contributed by atoms with van der Waals surface area (Å²) in [6.07, 6.45) is -4.94. The molecule has 0 fully saturated rings. The Balaban J connectivity index is 3.50. The first-order chi connectivity index (χ1) is 37.3. The number of hydrogen-bond donors (Lipinski definition) is 12. The van der Waals surface area contributed by atoms with Gasteiger partial charge in [0, 0.05) is 6.54 Å². The second-order valence-electron chi connectivity index (χ2n) is 23.6. The van der Waals surface area contributed by atoms with E-state index in [2.05, 4.69) is 47.9 Å². The highest BCUT2D eigenvalue weighted by atomic mass is 16.6. The molecule has 0 heterocycles. The van der Waals surface area contributed by atoms with E-state index in [1.54, 1.807) is 134 Å². The lowest BCUT2D eigenvalue weighted by Crippen LogP contribution is -2.62. The first-order valence-electron chi connectivity index (χ1n) is 27.2. The van der Waals surface area contributed by atoms with Crippen LogP contribution in [0.5, 0.6) is 0 Å². The summed E-state index contributed by atoms with van der Waals surface area (Å²) in [6, 6.07) is -1.84. The van der Waals surface area contributed by atoms with E-state index < -0.39 is 162 Å². The molecule has 1 rings (SSSR count). The van der Waals surface area contributed by atoms with Crippen LogP contribution in [0.3, 0.4) is 0 Å². The summed E-state index contributed by atoms with van der Waals surface area (Å²) in [7, 11) is 0. The van der Waals surface area contributed by atoms with Gasteiger partial charge in [0.15, 0.2) is 6.04 Å².